The van der Waals surface area contributed by atoms with Gasteiger partial charge < -0.3 is 19.4 Å². The molecular weight excluding hydrogens is 550 g/mol. The lowest BCUT2D eigenvalue weighted by molar-refractivity contribution is -0.139. The number of carbonyl (C=O) groups is 2. The number of rotatable bonds is 7. The summed E-state index contributed by atoms with van der Waals surface area (Å²) >= 11 is 0. The lowest BCUT2D eigenvalue weighted by atomic mass is 9.76. The minimum absolute atomic E-state index is 0.0812. The van der Waals surface area contributed by atoms with E-state index in [9.17, 15) is 18.0 Å². The highest BCUT2D eigenvalue weighted by atomic mass is 32.2. The normalized spacial score (nSPS) is 25.4. The number of amides is 2. The van der Waals surface area contributed by atoms with Gasteiger partial charge >= 0.3 is 0 Å². The first kappa shape index (κ1) is 29.3. The summed E-state index contributed by atoms with van der Waals surface area (Å²) in [6.45, 7) is 6.93. The zero-order valence-electron chi connectivity index (χ0n) is 24.6. The Bertz CT molecular complexity index is 1370. The van der Waals surface area contributed by atoms with Crippen molar-refractivity contribution in [3.63, 3.8) is 0 Å². The third-order valence-electron chi connectivity index (χ3n) is 10.2. The number of ether oxygens (including phenoxy) is 1. The van der Waals surface area contributed by atoms with Crippen LogP contribution in [-0.4, -0.2) is 93.7 Å². The maximum atomic E-state index is 13.6. The first-order valence-electron chi connectivity index (χ1n) is 15.4. The number of piperidine rings is 1. The molecule has 6 rings (SSSR count). The molecule has 42 heavy (non-hydrogen) atoms. The third kappa shape index (κ3) is 6.15. The Labute approximate surface area is 249 Å². The zero-order valence-corrected chi connectivity index (χ0v) is 25.4. The summed E-state index contributed by atoms with van der Waals surface area (Å²) < 4.78 is 29.1. The summed E-state index contributed by atoms with van der Waals surface area (Å²) in [6, 6.07) is 17.5. The van der Waals surface area contributed by atoms with Crippen LogP contribution < -0.4 is 0 Å². The molecule has 0 aromatic heterocycles. The van der Waals surface area contributed by atoms with E-state index in [4.69, 9.17) is 4.74 Å². The molecular formula is C33H43N3O5S. The van der Waals surface area contributed by atoms with Crippen molar-refractivity contribution in [2.24, 2.45) is 17.3 Å². The number of benzene rings is 2. The molecule has 0 aliphatic carbocycles. The van der Waals surface area contributed by atoms with E-state index in [2.05, 4.69) is 40.1 Å². The number of sulfone groups is 1. The van der Waals surface area contributed by atoms with Crippen LogP contribution in [0.15, 0.2) is 59.5 Å². The highest BCUT2D eigenvalue weighted by Gasteiger charge is 2.48. The van der Waals surface area contributed by atoms with Gasteiger partial charge in [-0.1, -0.05) is 42.5 Å². The van der Waals surface area contributed by atoms with Gasteiger partial charge in [0.25, 0.3) is 0 Å². The van der Waals surface area contributed by atoms with Crippen molar-refractivity contribution in [3.05, 3.63) is 65.7 Å². The summed E-state index contributed by atoms with van der Waals surface area (Å²) in [5.74, 6) is 1.31. The molecule has 8 nitrogen and oxygen atoms in total. The molecule has 4 aliphatic rings. The molecule has 4 saturated heterocycles. The van der Waals surface area contributed by atoms with E-state index >= 15 is 0 Å². The summed E-state index contributed by atoms with van der Waals surface area (Å²) in [4.78, 5) is 33.9. The van der Waals surface area contributed by atoms with Crippen molar-refractivity contribution in [2.75, 3.05) is 58.7 Å². The van der Waals surface area contributed by atoms with Gasteiger partial charge in [-0.05, 0) is 74.4 Å². The van der Waals surface area contributed by atoms with Crippen LogP contribution in [-0.2, 0) is 30.7 Å². The van der Waals surface area contributed by atoms with E-state index in [-0.39, 0.29) is 17.2 Å². The van der Waals surface area contributed by atoms with E-state index in [0.717, 1.165) is 76.9 Å². The Kier molecular flexibility index (Phi) is 8.44. The summed E-state index contributed by atoms with van der Waals surface area (Å²) in [7, 11) is -3.24. The molecule has 4 aliphatic heterocycles. The van der Waals surface area contributed by atoms with Gasteiger partial charge in [0.05, 0.1) is 10.3 Å². The van der Waals surface area contributed by atoms with Crippen LogP contribution >= 0.6 is 0 Å². The van der Waals surface area contributed by atoms with Gasteiger partial charge in [0, 0.05) is 64.0 Å². The first-order valence-corrected chi connectivity index (χ1v) is 17.3. The number of likely N-dealkylation sites (tertiary alicyclic amines) is 3. The minimum atomic E-state index is -3.24. The van der Waals surface area contributed by atoms with Crippen molar-refractivity contribution in [3.8, 4) is 0 Å². The Morgan fingerprint density at radius 1 is 0.929 bits per heavy atom. The van der Waals surface area contributed by atoms with Crippen molar-refractivity contribution < 1.29 is 22.7 Å². The largest absolute Gasteiger partial charge is 0.381 e. The summed E-state index contributed by atoms with van der Waals surface area (Å²) in [6.07, 6.45) is 5.46. The fourth-order valence-corrected chi connectivity index (χ4v) is 8.21. The van der Waals surface area contributed by atoms with Crippen LogP contribution in [0, 0.1) is 17.3 Å². The van der Waals surface area contributed by atoms with Crippen molar-refractivity contribution in [2.45, 2.75) is 49.5 Å². The zero-order chi connectivity index (χ0) is 29.3. The topological polar surface area (TPSA) is 87.2 Å². The lowest BCUT2D eigenvalue weighted by Gasteiger charge is -2.39. The van der Waals surface area contributed by atoms with Crippen LogP contribution in [0.3, 0.4) is 0 Å². The molecule has 1 spiro atoms. The first-order chi connectivity index (χ1) is 20.2. The van der Waals surface area contributed by atoms with Gasteiger partial charge in [-0.3, -0.25) is 9.59 Å². The van der Waals surface area contributed by atoms with Gasteiger partial charge in [0.1, 0.15) is 0 Å². The fraction of sp³-hybridized carbons (Fsp3) is 0.576. The lowest BCUT2D eigenvalue weighted by Crippen LogP contribution is -2.46. The van der Waals surface area contributed by atoms with Gasteiger partial charge in [-0.2, -0.15) is 0 Å². The number of nitrogens with zero attached hydrogens (tertiary/aromatic N) is 3. The molecule has 2 aromatic rings. The Morgan fingerprint density at radius 2 is 1.60 bits per heavy atom. The second-order valence-corrected chi connectivity index (χ2v) is 14.9. The molecule has 2 atom stereocenters. The second kappa shape index (κ2) is 12.1. The molecule has 0 radical (unpaired) electrons. The van der Waals surface area contributed by atoms with Crippen LogP contribution in [0.5, 0.6) is 0 Å². The number of hydrogen-bond donors (Lipinski definition) is 0. The van der Waals surface area contributed by atoms with Crippen molar-refractivity contribution in [1.82, 2.24) is 14.7 Å². The maximum absolute atomic E-state index is 13.6. The Balaban J connectivity index is 1.07. The molecule has 0 N–H and O–H groups in total. The summed E-state index contributed by atoms with van der Waals surface area (Å²) in [5.41, 5.74) is 1.98. The number of hydrogen-bond acceptors (Lipinski definition) is 6. The van der Waals surface area contributed by atoms with Gasteiger partial charge in [0.2, 0.25) is 11.8 Å². The molecule has 0 saturated carbocycles. The van der Waals surface area contributed by atoms with Crippen molar-refractivity contribution >= 4 is 21.7 Å². The fourth-order valence-electron chi connectivity index (χ4n) is 7.58. The SMILES string of the molecule is CS(=O)(=O)c1ccc(CN2CCC3(CCN(C[C@@H]4CN(C(=O)C5CCOCC5)C[C@@H]4c4ccccc4)CC3)C2=O)cc1. The van der Waals surface area contributed by atoms with Crippen LogP contribution in [0.2, 0.25) is 0 Å². The molecule has 4 heterocycles. The Hall–Kier alpha value is -2.75. The predicted molar refractivity (Wildman–Crippen MR) is 160 cm³/mol. The molecule has 2 amide bonds. The predicted octanol–water partition coefficient (Wildman–Crippen LogP) is 3.57. The molecule has 4 fully saturated rings. The quantitative estimate of drug-likeness (QED) is 0.488. The average Bonchev–Trinajstić information content (AvgIpc) is 3.56. The highest BCUT2D eigenvalue weighted by Crippen LogP contribution is 2.43. The number of carbonyl (C=O) groups excluding carboxylic acids is 2. The molecule has 226 valence electrons. The Morgan fingerprint density at radius 3 is 2.26 bits per heavy atom. The van der Waals surface area contributed by atoms with E-state index in [1.165, 1.54) is 11.8 Å². The highest BCUT2D eigenvalue weighted by molar-refractivity contribution is 7.90. The molecule has 9 heteroatoms. The van der Waals surface area contributed by atoms with E-state index < -0.39 is 9.84 Å². The van der Waals surface area contributed by atoms with Crippen LogP contribution in [0.4, 0.5) is 0 Å². The van der Waals surface area contributed by atoms with E-state index in [0.29, 0.717) is 42.4 Å². The molecule has 0 bridgehead atoms. The summed E-state index contributed by atoms with van der Waals surface area (Å²) in [5, 5.41) is 0. The van der Waals surface area contributed by atoms with Crippen LogP contribution in [0.1, 0.15) is 49.1 Å². The standard InChI is InChI=1S/C33H43N3O5S/c1-42(39,40)29-9-7-25(8-10-29)21-35-18-15-33(32(35)38)13-16-34(17-14-33)22-28-23-36(31(37)27-11-19-41-20-12-27)24-30(28)26-5-3-2-4-6-26/h2-10,27-28,30H,11-24H2,1H3/t28-,30-/m1/s1. The maximum Gasteiger partial charge on any atom is 0.229 e. The van der Waals surface area contributed by atoms with E-state index in [1.807, 2.05) is 17.0 Å². The van der Waals surface area contributed by atoms with Crippen molar-refractivity contribution in [1.29, 1.82) is 0 Å². The van der Waals surface area contributed by atoms with Crippen LogP contribution in [0.25, 0.3) is 0 Å². The minimum Gasteiger partial charge on any atom is -0.381 e. The molecule has 0 unspecified atom stereocenters. The average molecular weight is 594 g/mol. The van der Waals surface area contributed by atoms with E-state index in [1.54, 1.807) is 12.1 Å². The van der Waals surface area contributed by atoms with Gasteiger partial charge in [-0.25, -0.2) is 8.42 Å². The smallest absolute Gasteiger partial charge is 0.229 e. The molecule has 2 aromatic carbocycles. The van der Waals surface area contributed by atoms with Gasteiger partial charge in [0.15, 0.2) is 9.84 Å². The third-order valence-corrected chi connectivity index (χ3v) is 11.3. The second-order valence-electron chi connectivity index (χ2n) is 12.9. The van der Waals surface area contributed by atoms with Gasteiger partial charge in [-0.15, -0.1) is 0 Å². The monoisotopic (exact) mass is 593 g/mol.